The lowest BCUT2D eigenvalue weighted by Gasteiger charge is -2.34. The van der Waals surface area contributed by atoms with Crippen LogP contribution in [-0.2, 0) is 16.7 Å². The molecule has 1 saturated carbocycles. The fourth-order valence-electron chi connectivity index (χ4n) is 2.32. The van der Waals surface area contributed by atoms with Gasteiger partial charge >= 0.3 is 0 Å². The van der Waals surface area contributed by atoms with Gasteiger partial charge in [0.15, 0.2) is 5.82 Å². The van der Waals surface area contributed by atoms with Crippen LogP contribution in [0.4, 0.5) is 0 Å². The van der Waals surface area contributed by atoms with Crippen LogP contribution >= 0.6 is 12.4 Å². The van der Waals surface area contributed by atoms with E-state index in [1.165, 1.54) is 0 Å². The molecule has 0 aromatic carbocycles. The van der Waals surface area contributed by atoms with Crippen LogP contribution in [0.25, 0.3) is 0 Å². The summed E-state index contributed by atoms with van der Waals surface area (Å²) in [6, 6.07) is 0. The van der Waals surface area contributed by atoms with Gasteiger partial charge in [0.1, 0.15) is 0 Å². The zero-order chi connectivity index (χ0) is 11.0. The summed E-state index contributed by atoms with van der Waals surface area (Å²) in [5.74, 6) is 1.34. The normalized spacial score (nSPS) is 26.3. The smallest absolute Gasteiger partial charge is 0.229 e. The van der Waals surface area contributed by atoms with Crippen LogP contribution in [0.2, 0.25) is 0 Å². The number of halogens is 1. The molecule has 3 rings (SSSR count). The molecule has 1 aliphatic heterocycles. The first-order chi connectivity index (χ1) is 7.76. The quantitative estimate of drug-likeness (QED) is 0.892. The summed E-state index contributed by atoms with van der Waals surface area (Å²) in [6.07, 6.45) is 6.29. The standard InChI is InChI=1S/C11H17N3O2.ClH/c12-11(4-2-5-11)10-13-9(16-14-10)7-8-3-1-6-15-8;/h8H,1-7,12H2;1H. The van der Waals surface area contributed by atoms with Crippen LogP contribution in [0.15, 0.2) is 4.52 Å². The Morgan fingerprint density at radius 1 is 1.35 bits per heavy atom. The zero-order valence-corrected chi connectivity index (χ0v) is 10.5. The van der Waals surface area contributed by atoms with Crippen molar-refractivity contribution in [3.63, 3.8) is 0 Å². The fraction of sp³-hybridized carbons (Fsp3) is 0.818. The first-order valence-electron chi connectivity index (χ1n) is 6.00. The minimum atomic E-state index is -0.321. The van der Waals surface area contributed by atoms with Crippen molar-refractivity contribution in [2.75, 3.05) is 6.61 Å². The van der Waals surface area contributed by atoms with Crippen LogP contribution in [0.1, 0.15) is 43.8 Å². The molecule has 1 aromatic rings. The Hall–Kier alpha value is -0.650. The molecule has 2 aliphatic rings. The van der Waals surface area contributed by atoms with E-state index in [-0.39, 0.29) is 24.0 Å². The van der Waals surface area contributed by atoms with E-state index in [2.05, 4.69) is 10.1 Å². The van der Waals surface area contributed by atoms with Crippen LogP contribution in [0, 0.1) is 0 Å². The SMILES string of the molecule is Cl.NC1(c2noc(CC3CCCO3)n2)CCC1. The number of ether oxygens (including phenoxy) is 1. The molecular formula is C11H18ClN3O2. The lowest BCUT2D eigenvalue weighted by molar-refractivity contribution is 0.104. The van der Waals surface area contributed by atoms with Crippen LogP contribution in [0.5, 0.6) is 0 Å². The minimum Gasteiger partial charge on any atom is -0.378 e. The van der Waals surface area contributed by atoms with E-state index >= 15 is 0 Å². The molecular weight excluding hydrogens is 242 g/mol. The van der Waals surface area contributed by atoms with E-state index in [1.807, 2.05) is 0 Å². The summed E-state index contributed by atoms with van der Waals surface area (Å²) in [5, 5.41) is 3.99. The van der Waals surface area contributed by atoms with Crippen LogP contribution in [0.3, 0.4) is 0 Å². The largest absolute Gasteiger partial charge is 0.378 e. The molecule has 0 bridgehead atoms. The molecule has 6 heteroatoms. The topological polar surface area (TPSA) is 74.2 Å². The summed E-state index contributed by atoms with van der Waals surface area (Å²) < 4.78 is 10.8. The Bertz CT molecular complexity index is 373. The molecule has 1 atom stereocenters. The Morgan fingerprint density at radius 3 is 2.76 bits per heavy atom. The number of nitrogens with zero attached hydrogens (tertiary/aromatic N) is 2. The van der Waals surface area contributed by atoms with Gasteiger partial charge in [0, 0.05) is 6.61 Å². The molecule has 96 valence electrons. The number of hydrogen-bond acceptors (Lipinski definition) is 5. The third-order valence-electron chi connectivity index (χ3n) is 3.59. The molecule has 0 spiro atoms. The second-order valence-corrected chi connectivity index (χ2v) is 4.86. The van der Waals surface area contributed by atoms with Crippen molar-refractivity contribution >= 4 is 12.4 Å². The molecule has 1 aliphatic carbocycles. The summed E-state index contributed by atoms with van der Waals surface area (Å²) in [6.45, 7) is 0.854. The van der Waals surface area contributed by atoms with Crippen molar-refractivity contribution < 1.29 is 9.26 Å². The van der Waals surface area contributed by atoms with Gasteiger partial charge in [0.25, 0.3) is 0 Å². The summed E-state index contributed by atoms with van der Waals surface area (Å²) in [7, 11) is 0. The highest BCUT2D eigenvalue weighted by molar-refractivity contribution is 5.85. The van der Waals surface area contributed by atoms with E-state index < -0.39 is 0 Å². The second kappa shape index (κ2) is 4.92. The molecule has 17 heavy (non-hydrogen) atoms. The first-order valence-corrected chi connectivity index (χ1v) is 6.00. The third kappa shape index (κ3) is 2.46. The summed E-state index contributed by atoms with van der Waals surface area (Å²) in [5.41, 5.74) is 5.81. The minimum absolute atomic E-state index is 0. The van der Waals surface area contributed by atoms with Crippen molar-refractivity contribution in [2.24, 2.45) is 5.73 Å². The Morgan fingerprint density at radius 2 is 2.18 bits per heavy atom. The van der Waals surface area contributed by atoms with Crippen molar-refractivity contribution in [1.29, 1.82) is 0 Å². The maximum Gasteiger partial charge on any atom is 0.229 e. The van der Waals surface area contributed by atoms with Crippen molar-refractivity contribution in [3.05, 3.63) is 11.7 Å². The average molecular weight is 260 g/mol. The van der Waals surface area contributed by atoms with Gasteiger partial charge in [-0.05, 0) is 32.1 Å². The van der Waals surface area contributed by atoms with E-state index in [4.69, 9.17) is 15.0 Å². The third-order valence-corrected chi connectivity index (χ3v) is 3.59. The Labute approximate surface area is 106 Å². The van der Waals surface area contributed by atoms with Gasteiger partial charge in [0.05, 0.1) is 18.1 Å². The number of hydrogen-bond donors (Lipinski definition) is 1. The monoisotopic (exact) mass is 259 g/mol. The van der Waals surface area contributed by atoms with E-state index in [1.54, 1.807) is 0 Å². The van der Waals surface area contributed by atoms with Gasteiger partial charge < -0.3 is 15.0 Å². The highest BCUT2D eigenvalue weighted by atomic mass is 35.5. The first kappa shape index (κ1) is 12.8. The molecule has 2 fully saturated rings. The molecule has 2 heterocycles. The van der Waals surface area contributed by atoms with Gasteiger partial charge in [-0.2, -0.15) is 4.98 Å². The van der Waals surface area contributed by atoms with Crippen molar-refractivity contribution in [3.8, 4) is 0 Å². The molecule has 1 unspecified atom stereocenters. The molecule has 1 saturated heterocycles. The molecule has 5 nitrogen and oxygen atoms in total. The van der Waals surface area contributed by atoms with E-state index in [9.17, 15) is 0 Å². The highest BCUT2D eigenvalue weighted by Crippen LogP contribution is 2.36. The lowest BCUT2D eigenvalue weighted by Crippen LogP contribution is -2.44. The Balaban J connectivity index is 0.00000108. The van der Waals surface area contributed by atoms with Crippen LogP contribution in [-0.4, -0.2) is 22.9 Å². The second-order valence-electron chi connectivity index (χ2n) is 4.86. The maximum atomic E-state index is 6.13. The van der Waals surface area contributed by atoms with Gasteiger partial charge in [-0.25, -0.2) is 0 Å². The predicted octanol–water partition coefficient (Wildman–Crippen LogP) is 1.55. The fourth-order valence-corrected chi connectivity index (χ4v) is 2.32. The van der Waals surface area contributed by atoms with Crippen molar-refractivity contribution in [2.45, 2.75) is 50.2 Å². The molecule has 0 radical (unpaired) electrons. The van der Waals surface area contributed by atoms with Gasteiger partial charge in [-0.15, -0.1) is 12.4 Å². The number of rotatable bonds is 3. The van der Waals surface area contributed by atoms with Crippen molar-refractivity contribution in [1.82, 2.24) is 10.1 Å². The van der Waals surface area contributed by atoms with Gasteiger partial charge in [-0.3, -0.25) is 0 Å². The Kier molecular flexibility index (Phi) is 3.70. The zero-order valence-electron chi connectivity index (χ0n) is 9.72. The molecule has 2 N–H and O–H groups in total. The van der Waals surface area contributed by atoms with Crippen LogP contribution < -0.4 is 5.73 Å². The van der Waals surface area contributed by atoms with E-state index in [0.29, 0.717) is 11.7 Å². The van der Waals surface area contributed by atoms with Gasteiger partial charge in [-0.1, -0.05) is 5.16 Å². The number of aromatic nitrogens is 2. The van der Waals surface area contributed by atoms with E-state index in [0.717, 1.165) is 45.1 Å². The molecule has 0 amide bonds. The average Bonchev–Trinajstić information content (AvgIpc) is 2.86. The highest BCUT2D eigenvalue weighted by Gasteiger charge is 2.39. The molecule has 1 aromatic heterocycles. The predicted molar refractivity (Wildman–Crippen MR) is 63.9 cm³/mol. The number of nitrogens with two attached hydrogens (primary N) is 1. The summed E-state index contributed by atoms with van der Waals surface area (Å²) in [4.78, 5) is 4.38. The van der Waals surface area contributed by atoms with Gasteiger partial charge in [0.2, 0.25) is 5.89 Å². The maximum absolute atomic E-state index is 6.13. The lowest BCUT2D eigenvalue weighted by atomic mass is 9.77. The summed E-state index contributed by atoms with van der Waals surface area (Å²) >= 11 is 0.